The maximum absolute atomic E-state index is 14.2. The predicted octanol–water partition coefficient (Wildman–Crippen LogP) is 6.38. The van der Waals surface area contributed by atoms with Crippen LogP contribution < -0.4 is 9.47 Å². The zero-order valence-electron chi connectivity index (χ0n) is 26.3. The van der Waals surface area contributed by atoms with E-state index in [1.165, 1.54) is 0 Å². The lowest BCUT2D eigenvalue weighted by atomic mass is 9.97. The second-order valence-corrected chi connectivity index (χ2v) is 13.7. The number of ether oxygens (including phenoxy) is 3. The van der Waals surface area contributed by atoms with E-state index < -0.39 is 11.6 Å². The third kappa shape index (κ3) is 9.11. The fraction of sp³-hybridized carbons (Fsp3) is 0.559. The molecule has 0 bridgehead atoms. The van der Waals surface area contributed by atoms with Crippen LogP contribution in [0.5, 0.6) is 11.5 Å². The van der Waals surface area contributed by atoms with Crippen LogP contribution in [0.3, 0.4) is 0 Å². The summed E-state index contributed by atoms with van der Waals surface area (Å²) in [7, 11) is 1.62. The van der Waals surface area contributed by atoms with Crippen molar-refractivity contribution in [1.29, 1.82) is 0 Å². The summed E-state index contributed by atoms with van der Waals surface area (Å²) >= 11 is 12.3. The van der Waals surface area contributed by atoms with E-state index in [-0.39, 0.29) is 49.0 Å². The number of ketones is 1. The normalized spacial score (nSPS) is 21.4. The molecular formula is C34H44Cl2N2O6. The highest BCUT2D eigenvalue weighted by molar-refractivity contribution is 6.42. The van der Waals surface area contributed by atoms with Crippen molar-refractivity contribution in [2.24, 2.45) is 5.92 Å². The number of amides is 1. The standard InChI is InChI=1S/C34H44Cl2N2O6/c1-22-18-30-33(41)37(17-16-24(38(30)20-22)21-43-26-10-8-25(42-5)9-11-26)29(13-15-32(40)44-34(2,3)4)31(39)14-7-23-6-12-27(35)28(36)19-23/h6,8-12,19,22,24,29-30H,7,13-18,20-21H2,1-5H3/t22-,24?,29-,30+/m1/s1. The van der Waals surface area contributed by atoms with Crippen molar-refractivity contribution in [2.75, 3.05) is 26.8 Å². The summed E-state index contributed by atoms with van der Waals surface area (Å²) in [5.74, 6) is 1.29. The topological polar surface area (TPSA) is 85.4 Å². The molecule has 0 spiro atoms. The number of halogens is 2. The third-order valence-electron chi connectivity index (χ3n) is 8.22. The molecule has 0 N–H and O–H groups in total. The number of fused-ring (bicyclic) bond motifs is 1. The summed E-state index contributed by atoms with van der Waals surface area (Å²) in [5, 5.41) is 0.882. The van der Waals surface area contributed by atoms with Gasteiger partial charge in [-0.3, -0.25) is 19.3 Å². The van der Waals surface area contributed by atoms with Gasteiger partial charge in [-0.05, 0) is 94.3 Å². The lowest BCUT2D eigenvalue weighted by molar-refractivity contribution is -0.156. The number of carbonyl (C=O) groups is 3. The minimum Gasteiger partial charge on any atom is -0.497 e. The maximum atomic E-state index is 14.2. The second kappa shape index (κ2) is 15.0. The smallest absolute Gasteiger partial charge is 0.306 e. The number of carbonyl (C=O) groups excluding carboxylic acids is 3. The van der Waals surface area contributed by atoms with Gasteiger partial charge < -0.3 is 19.1 Å². The number of benzene rings is 2. The number of hydrogen-bond donors (Lipinski definition) is 0. The van der Waals surface area contributed by atoms with E-state index in [0.717, 1.165) is 23.6 Å². The van der Waals surface area contributed by atoms with Crippen LogP contribution in [-0.4, -0.2) is 78.0 Å². The number of Topliss-reactive ketones (excluding diaryl/α,β-unsaturated/α-hetero) is 1. The molecule has 4 rings (SSSR count). The van der Waals surface area contributed by atoms with Crippen molar-refractivity contribution in [1.82, 2.24) is 9.80 Å². The Balaban J connectivity index is 1.52. The van der Waals surface area contributed by atoms with Crippen molar-refractivity contribution < 1.29 is 28.6 Å². The van der Waals surface area contributed by atoms with Crippen LogP contribution >= 0.6 is 23.2 Å². The Bertz CT molecular complexity index is 1310. The van der Waals surface area contributed by atoms with Gasteiger partial charge in [-0.25, -0.2) is 0 Å². The third-order valence-corrected chi connectivity index (χ3v) is 8.96. The summed E-state index contributed by atoms with van der Waals surface area (Å²) in [4.78, 5) is 44.7. The summed E-state index contributed by atoms with van der Waals surface area (Å²) in [6, 6.07) is 11.7. The quantitative estimate of drug-likeness (QED) is 0.247. The largest absolute Gasteiger partial charge is 0.497 e. The van der Waals surface area contributed by atoms with Crippen molar-refractivity contribution in [3.05, 3.63) is 58.1 Å². The van der Waals surface area contributed by atoms with Gasteiger partial charge in [-0.15, -0.1) is 0 Å². The molecule has 10 heteroatoms. The van der Waals surface area contributed by atoms with Crippen molar-refractivity contribution in [2.45, 2.75) is 89.9 Å². The van der Waals surface area contributed by atoms with Crippen molar-refractivity contribution in [3.8, 4) is 11.5 Å². The van der Waals surface area contributed by atoms with Crippen molar-refractivity contribution in [3.63, 3.8) is 0 Å². The molecule has 2 heterocycles. The molecule has 2 aliphatic heterocycles. The van der Waals surface area contributed by atoms with Gasteiger partial charge in [-0.2, -0.15) is 0 Å². The number of nitrogens with zero attached hydrogens (tertiary/aromatic N) is 2. The first-order valence-corrected chi connectivity index (χ1v) is 16.1. The second-order valence-electron chi connectivity index (χ2n) is 12.9. The van der Waals surface area contributed by atoms with E-state index >= 15 is 0 Å². The van der Waals surface area contributed by atoms with E-state index in [1.54, 1.807) is 24.1 Å². The highest BCUT2D eigenvalue weighted by Gasteiger charge is 2.45. The average molecular weight is 648 g/mol. The van der Waals surface area contributed by atoms with Gasteiger partial charge in [-0.1, -0.05) is 36.2 Å². The predicted molar refractivity (Wildman–Crippen MR) is 172 cm³/mol. The average Bonchev–Trinajstić information content (AvgIpc) is 3.31. The lowest BCUT2D eigenvalue weighted by Gasteiger charge is -2.32. The molecule has 8 nitrogen and oxygen atoms in total. The molecule has 2 fully saturated rings. The Morgan fingerprint density at radius 2 is 1.73 bits per heavy atom. The molecule has 2 aromatic rings. The first kappa shape index (κ1) is 34.1. The number of rotatable bonds is 12. The minimum atomic E-state index is -0.739. The van der Waals surface area contributed by atoms with Gasteiger partial charge in [0.15, 0.2) is 5.78 Å². The van der Waals surface area contributed by atoms with Crippen LogP contribution in [0.15, 0.2) is 42.5 Å². The van der Waals surface area contributed by atoms with E-state index in [2.05, 4.69) is 11.8 Å². The molecule has 1 amide bonds. The van der Waals surface area contributed by atoms with Crippen LogP contribution in [0.2, 0.25) is 10.0 Å². The number of aryl methyl sites for hydroxylation is 1. The minimum absolute atomic E-state index is 0.00109. The fourth-order valence-corrected chi connectivity index (χ4v) is 6.42. The Hall–Kier alpha value is -2.81. The van der Waals surface area contributed by atoms with Gasteiger partial charge >= 0.3 is 5.97 Å². The first-order valence-electron chi connectivity index (χ1n) is 15.4. The molecule has 240 valence electrons. The Morgan fingerprint density at radius 1 is 1.02 bits per heavy atom. The van der Waals surface area contributed by atoms with Gasteiger partial charge in [0.2, 0.25) is 5.91 Å². The van der Waals surface area contributed by atoms with Crippen LogP contribution in [0.25, 0.3) is 0 Å². The summed E-state index contributed by atoms with van der Waals surface area (Å²) < 4.78 is 17.0. The van der Waals surface area contributed by atoms with Crippen LogP contribution in [0.1, 0.15) is 65.4 Å². The molecule has 1 unspecified atom stereocenters. The SMILES string of the molecule is COc1ccc(OCC2CCN([C@H](CCC(=O)OC(C)(C)C)C(=O)CCc3ccc(Cl)c(Cl)c3)C(=O)[C@@H]3C[C@@H](C)CN23)cc1. The molecule has 44 heavy (non-hydrogen) atoms. The molecule has 0 radical (unpaired) electrons. The van der Waals surface area contributed by atoms with Crippen LogP contribution in [-0.2, 0) is 25.5 Å². The molecule has 4 atom stereocenters. The van der Waals surface area contributed by atoms with Gasteiger partial charge in [0.1, 0.15) is 23.7 Å². The Morgan fingerprint density at radius 3 is 2.39 bits per heavy atom. The zero-order chi connectivity index (χ0) is 32.0. The Kier molecular flexibility index (Phi) is 11.6. The Labute approximate surface area is 270 Å². The molecule has 2 aliphatic rings. The lowest BCUT2D eigenvalue weighted by Crippen LogP contribution is -2.51. The van der Waals surface area contributed by atoms with E-state index in [1.807, 2.05) is 51.1 Å². The zero-order valence-corrected chi connectivity index (χ0v) is 27.8. The molecule has 0 aromatic heterocycles. The molecular weight excluding hydrogens is 603 g/mol. The van der Waals surface area contributed by atoms with Crippen molar-refractivity contribution >= 4 is 40.9 Å². The van der Waals surface area contributed by atoms with Crippen LogP contribution in [0, 0.1) is 5.92 Å². The highest BCUT2D eigenvalue weighted by atomic mass is 35.5. The fourth-order valence-electron chi connectivity index (χ4n) is 6.10. The number of methoxy groups -OCH3 is 1. The van der Waals surface area contributed by atoms with E-state index in [4.69, 9.17) is 37.4 Å². The summed E-state index contributed by atoms with van der Waals surface area (Å²) in [6.45, 7) is 9.19. The molecule has 0 saturated carbocycles. The molecule has 2 saturated heterocycles. The number of esters is 1. The first-order chi connectivity index (χ1) is 20.8. The molecule has 2 aromatic carbocycles. The highest BCUT2D eigenvalue weighted by Crippen LogP contribution is 2.33. The van der Waals surface area contributed by atoms with E-state index in [0.29, 0.717) is 48.4 Å². The monoisotopic (exact) mass is 646 g/mol. The van der Waals surface area contributed by atoms with Crippen LogP contribution in [0.4, 0.5) is 0 Å². The maximum Gasteiger partial charge on any atom is 0.306 e. The van der Waals surface area contributed by atoms with Gasteiger partial charge in [0, 0.05) is 32.0 Å². The summed E-state index contributed by atoms with van der Waals surface area (Å²) in [5.41, 5.74) is 0.243. The summed E-state index contributed by atoms with van der Waals surface area (Å²) in [6.07, 6.45) is 2.26. The number of hydrogen-bond acceptors (Lipinski definition) is 7. The molecule has 0 aliphatic carbocycles. The van der Waals surface area contributed by atoms with Gasteiger partial charge in [0.05, 0.1) is 29.2 Å². The van der Waals surface area contributed by atoms with E-state index in [9.17, 15) is 14.4 Å². The van der Waals surface area contributed by atoms with Gasteiger partial charge in [0.25, 0.3) is 0 Å².